The molecule has 0 radical (unpaired) electrons. The van der Waals surface area contributed by atoms with Crippen LogP contribution in [0.4, 0.5) is 10.5 Å². The molecule has 0 saturated carbocycles. The molecule has 2 rings (SSSR count). The average molecular weight is 245 g/mol. The number of nitrogens with zero attached hydrogens (tertiary/aromatic N) is 1. The van der Waals surface area contributed by atoms with Gasteiger partial charge in [0.1, 0.15) is 5.76 Å². The molecular weight excluding hydrogens is 230 g/mol. The van der Waals surface area contributed by atoms with E-state index in [1.165, 1.54) is 0 Å². The molecule has 1 heterocycles. The topological polar surface area (TPSA) is 67.2 Å². The third kappa shape index (κ3) is 3.62. The SMILES string of the molecule is Cc1cc(CCNC(=O)Nc2ccccc2)on1. The molecule has 2 N–H and O–H groups in total. The van der Waals surface area contributed by atoms with Gasteiger partial charge < -0.3 is 15.2 Å². The summed E-state index contributed by atoms with van der Waals surface area (Å²) in [5.41, 5.74) is 1.62. The minimum Gasteiger partial charge on any atom is -0.361 e. The van der Waals surface area contributed by atoms with Gasteiger partial charge in [-0.1, -0.05) is 23.4 Å². The van der Waals surface area contributed by atoms with Crippen molar-refractivity contribution in [3.05, 3.63) is 47.9 Å². The van der Waals surface area contributed by atoms with Gasteiger partial charge in [0.25, 0.3) is 0 Å². The van der Waals surface area contributed by atoms with Gasteiger partial charge in [-0.15, -0.1) is 0 Å². The fourth-order valence-corrected chi connectivity index (χ4v) is 1.53. The first-order valence-corrected chi connectivity index (χ1v) is 5.76. The molecule has 0 spiro atoms. The fourth-order valence-electron chi connectivity index (χ4n) is 1.53. The van der Waals surface area contributed by atoms with Gasteiger partial charge in [0.05, 0.1) is 5.69 Å². The van der Waals surface area contributed by atoms with Gasteiger partial charge in [0.2, 0.25) is 0 Å². The highest BCUT2D eigenvalue weighted by Crippen LogP contribution is 2.04. The highest BCUT2D eigenvalue weighted by Gasteiger charge is 2.03. The number of carbonyl (C=O) groups is 1. The monoisotopic (exact) mass is 245 g/mol. The Morgan fingerprint density at radius 2 is 2.11 bits per heavy atom. The van der Waals surface area contributed by atoms with Crippen LogP contribution in [0.15, 0.2) is 40.9 Å². The number of hydrogen-bond donors (Lipinski definition) is 2. The highest BCUT2D eigenvalue weighted by molar-refractivity contribution is 5.89. The van der Waals surface area contributed by atoms with Crippen molar-refractivity contribution < 1.29 is 9.32 Å². The van der Waals surface area contributed by atoms with E-state index in [0.29, 0.717) is 13.0 Å². The van der Waals surface area contributed by atoms with Crippen LogP contribution in [0, 0.1) is 6.92 Å². The van der Waals surface area contributed by atoms with Crippen LogP contribution in [0.1, 0.15) is 11.5 Å². The molecule has 0 bridgehead atoms. The highest BCUT2D eigenvalue weighted by atomic mass is 16.5. The molecule has 5 heteroatoms. The molecule has 0 fully saturated rings. The Balaban J connectivity index is 1.72. The molecule has 1 aromatic carbocycles. The summed E-state index contributed by atoms with van der Waals surface area (Å²) in [6.07, 6.45) is 0.628. The number of amides is 2. The minimum absolute atomic E-state index is 0.225. The molecule has 0 aliphatic rings. The normalized spacial score (nSPS) is 10.1. The maximum absolute atomic E-state index is 11.5. The molecule has 0 saturated heterocycles. The van der Waals surface area contributed by atoms with E-state index in [4.69, 9.17) is 4.52 Å². The van der Waals surface area contributed by atoms with Crippen molar-refractivity contribution in [2.45, 2.75) is 13.3 Å². The third-order valence-corrected chi connectivity index (χ3v) is 2.37. The second-order valence-corrected chi connectivity index (χ2v) is 3.93. The van der Waals surface area contributed by atoms with Crippen LogP contribution in [0.3, 0.4) is 0 Å². The zero-order chi connectivity index (χ0) is 12.8. The van der Waals surface area contributed by atoms with E-state index in [2.05, 4.69) is 15.8 Å². The number of urea groups is 1. The predicted molar refractivity (Wildman–Crippen MR) is 68.4 cm³/mol. The van der Waals surface area contributed by atoms with Gasteiger partial charge in [0.15, 0.2) is 0 Å². The van der Waals surface area contributed by atoms with Gasteiger partial charge in [-0.05, 0) is 19.1 Å². The van der Waals surface area contributed by atoms with Gasteiger partial charge >= 0.3 is 6.03 Å². The molecule has 0 atom stereocenters. The van der Waals surface area contributed by atoms with Crippen molar-refractivity contribution >= 4 is 11.7 Å². The second-order valence-electron chi connectivity index (χ2n) is 3.93. The van der Waals surface area contributed by atoms with Crippen molar-refractivity contribution in [2.24, 2.45) is 0 Å². The molecule has 94 valence electrons. The summed E-state index contributed by atoms with van der Waals surface area (Å²) < 4.78 is 5.04. The van der Waals surface area contributed by atoms with Crippen molar-refractivity contribution in [3.8, 4) is 0 Å². The van der Waals surface area contributed by atoms with Crippen LogP contribution < -0.4 is 10.6 Å². The quantitative estimate of drug-likeness (QED) is 0.868. The van der Waals surface area contributed by atoms with E-state index in [1.807, 2.05) is 43.3 Å². The summed E-state index contributed by atoms with van der Waals surface area (Å²) in [5.74, 6) is 0.771. The molecule has 0 aliphatic carbocycles. The lowest BCUT2D eigenvalue weighted by Gasteiger charge is -2.06. The summed E-state index contributed by atoms with van der Waals surface area (Å²) in [6.45, 7) is 2.37. The predicted octanol–water partition coefficient (Wildman–Crippen LogP) is 2.35. The van der Waals surface area contributed by atoms with E-state index in [1.54, 1.807) is 0 Å². The first-order valence-electron chi connectivity index (χ1n) is 5.76. The summed E-state index contributed by atoms with van der Waals surface area (Å²) in [5, 5.41) is 9.27. The summed E-state index contributed by atoms with van der Waals surface area (Å²) in [6, 6.07) is 10.9. The van der Waals surface area contributed by atoms with Crippen LogP contribution in [-0.2, 0) is 6.42 Å². The molecule has 0 unspecified atom stereocenters. The fraction of sp³-hybridized carbons (Fsp3) is 0.231. The van der Waals surface area contributed by atoms with Gasteiger partial charge in [-0.3, -0.25) is 0 Å². The number of aromatic nitrogens is 1. The third-order valence-electron chi connectivity index (χ3n) is 2.37. The molecule has 1 aromatic heterocycles. The number of para-hydroxylation sites is 1. The van der Waals surface area contributed by atoms with E-state index < -0.39 is 0 Å². The van der Waals surface area contributed by atoms with Crippen LogP contribution >= 0.6 is 0 Å². The Morgan fingerprint density at radius 3 is 2.78 bits per heavy atom. The standard InChI is InChI=1S/C13H15N3O2/c1-10-9-12(18-16-10)7-8-14-13(17)15-11-5-3-2-4-6-11/h2-6,9H,7-8H2,1H3,(H2,14,15,17). The number of nitrogens with one attached hydrogen (secondary N) is 2. The largest absolute Gasteiger partial charge is 0.361 e. The molecule has 18 heavy (non-hydrogen) atoms. The molecular formula is C13H15N3O2. The Bertz CT molecular complexity index is 508. The number of anilines is 1. The number of carbonyl (C=O) groups excluding carboxylic acids is 1. The molecule has 2 aromatic rings. The summed E-state index contributed by atoms with van der Waals surface area (Å²) in [7, 11) is 0. The van der Waals surface area contributed by atoms with Crippen molar-refractivity contribution in [3.63, 3.8) is 0 Å². The van der Waals surface area contributed by atoms with Gasteiger partial charge in [-0.2, -0.15) is 0 Å². The number of rotatable bonds is 4. The van der Waals surface area contributed by atoms with Crippen LogP contribution in [0.2, 0.25) is 0 Å². The van der Waals surface area contributed by atoms with Gasteiger partial charge in [-0.25, -0.2) is 4.79 Å². The Labute approximate surface area is 105 Å². The van der Waals surface area contributed by atoms with E-state index >= 15 is 0 Å². The Kier molecular flexibility index (Phi) is 3.96. The Morgan fingerprint density at radius 1 is 1.33 bits per heavy atom. The van der Waals surface area contributed by atoms with E-state index in [9.17, 15) is 4.79 Å². The smallest absolute Gasteiger partial charge is 0.319 e. The van der Waals surface area contributed by atoms with Crippen LogP contribution in [0.5, 0.6) is 0 Å². The molecule has 2 amide bonds. The number of benzene rings is 1. The maximum Gasteiger partial charge on any atom is 0.319 e. The number of hydrogen-bond acceptors (Lipinski definition) is 3. The van der Waals surface area contributed by atoms with E-state index in [0.717, 1.165) is 17.1 Å². The first-order chi connectivity index (χ1) is 8.74. The van der Waals surface area contributed by atoms with Gasteiger partial charge in [0, 0.05) is 24.7 Å². The first kappa shape index (κ1) is 12.2. The Hall–Kier alpha value is -2.30. The van der Waals surface area contributed by atoms with Crippen molar-refractivity contribution in [2.75, 3.05) is 11.9 Å². The zero-order valence-electron chi connectivity index (χ0n) is 10.1. The average Bonchev–Trinajstić information content (AvgIpc) is 2.76. The lowest BCUT2D eigenvalue weighted by atomic mass is 10.3. The lowest BCUT2D eigenvalue weighted by molar-refractivity contribution is 0.252. The second kappa shape index (κ2) is 5.86. The number of aryl methyl sites for hydroxylation is 1. The van der Waals surface area contributed by atoms with Crippen LogP contribution in [-0.4, -0.2) is 17.7 Å². The van der Waals surface area contributed by atoms with Crippen molar-refractivity contribution in [1.82, 2.24) is 10.5 Å². The summed E-state index contributed by atoms with van der Waals surface area (Å²) >= 11 is 0. The van der Waals surface area contributed by atoms with Crippen LogP contribution in [0.25, 0.3) is 0 Å². The van der Waals surface area contributed by atoms with E-state index in [-0.39, 0.29) is 6.03 Å². The zero-order valence-corrected chi connectivity index (χ0v) is 10.1. The minimum atomic E-state index is -0.225. The maximum atomic E-state index is 11.5. The molecule has 0 aliphatic heterocycles. The molecule has 5 nitrogen and oxygen atoms in total. The summed E-state index contributed by atoms with van der Waals surface area (Å²) in [4.78, 5) is 11.5. The lowest BCUT2D eigenvalue weighted by Crippen LogP contribution is -2.30. The van der Waals surface area contributed by atoms with Crippen molar-refractivity contribution in [1.29, 1.82) is 0 Å².